The van der Waals surface area contributed by atoms with Crippen LogP contribution in [0.2, 0.25) is 5.28 Å². The topological polar surface area (TPSA) is 60.4 Å². The summed E-state index contributed by atoms with van der Waals surface area (Å²) in [5.41, 5.74) is 0. The minimum atomic E-state index is 0.141. The number of likely N-dealkylation sites (N-methyl/N-ethyl adjacent to an activating group) is 1. The molecular weight excluding hydrogens is 256 g/mol. The van der Waals surface area contributed by atoms with E-state index in [4.69, 9.17) is 21.1 Å². The number of anilines is 1. The van der Waals surface area contributed by atoms with Crippen LogP contribution in [-0.4, -0.2) is 47.4 Å². The minimum absolute atomic E-state index is 0.141. The van der Waals surface area contributed by atoms with Crippen LogP contribution in [0.3, 0.4) is 0 Å². The molecule has 1 aromatic rings. The fourth-order valence-electron chi connectivity index (χ4n) is 2.05. The highest BCUT2D eigenvalue weighted by Gasteiger charge is 2.29. The number of aromatic nitrogens is 3. The summed E-state index contributed by atoms with van der Waals surface area (Å²) in [6.07, 6.45) is 1.10. The summed E-state index contributed by atoms with van der Waals surface area (Å²) < 4.78 is 10.8. The highest BCUT2D eigenvalue weighted by atomic mass is 35.5. The van der Waals surface area contributed by atoms with Crippen LogP contribution in [0, 0.1) is 0 Å². The third-order valence-electron chi connectivity index (χ3n) is 3.00. The molecule has 2 heterocycles. The molecular formula is C11H17ClN4O2. The maximum atomic E-state index is 5.87. The highest BCUT2D eigenvalue weighted by Crippen LogP contribution is 2.23. The normalized spacial score (nSPS) is 23.1. The summed E-state index contributed by atoms with van der Waals surface area (Å²) in [5, 5.41) is 0.141. The van der Waals surface area contributed by atoms with Crippen molar-refractivity contribution >= 4 is 17.5 Å². The Labute approximate surface area is 111 Å². The third-order valence-corrected chi connectivity index (χ3v) is 3.17. The molecule has 0 aliphatic carbocycles. The molecule has 1 fully saturated rings. The van der Waals surface area contributed by atoms with E-state index in [1.165, 1.54) is 0 Å². The van der Waals surface area contributed by atoms with Gasteiger partial charge < -0.3 is 14.4 Å². The van der Waals surface area contributed by atoms with Crippen molar-refractivity contribution in [1.82, 2.24) is 15.0 Å². The lowest BCUT2D eigenvalue weighted by Gasteiger charge is -2.26. The smallest absolute Gasteiger partial charge is 0.322 e. The van der Waals surface area contributed by atoms with Crippen LogP contribution >= 0.6 is 11.6 Å². The van der Waals surface area contributed by atoms with Gasteiger partial charge in [0.05, 0.1) is 18.8 Å². The second-order valence-corrected chi connectivity index (χ2v) is 4.50. The van der Waals surface area contributed by atoms with Crippen LogP contribution < -0.4 is 9.64 Å². The van der Waals surface area contributed by atoms with E-state index in [-0.39, 0.29) is 23.4 Å². The summed E-state index contributed by atoms with van der Waals surface area (Å²) in [4.78, 5) is 14.3. The van der Waals surface area contributed by atoms with Crippen molar-refractivity contribution in [1.29, 1.82) is 0 Å². The fraction of sp³-hybridized carbons (Fsp3) is 0.727. The first-order valence-electron chi connectivity index (χ1n) is 6.00. The van der Waals surface area contributed by atoms with Gasteiger partial charge in [-0.15, -0.1) is 0 Å². The van der Waals surface area contributed by atoms with Crippen LogP contribution in [0.4, 0.5) is 5.95 Å². The minimum Gasteiger partial charge on any atom is -0.464 e. The molecule has 100 valence electrons. The summed E-state index contributed by atoms with van der Waals surface area (Å²) >= 11 is 5.87. The van der Waals surface area contributed by atoms with Crippen molar-refractivity contribution < 1.29 is 9.47 Å². The molecule has 0 aromatic carbocycles. The molecule has 0 saturated carbocycles. The lowest BCUT2D eigenvalue weighted by Crippen LogP contribution is -2.38. The van der Waals surface area contributed by atoms with Crippen LogP contribution in [0.1, 0.15) is 20.3 Å². The Morgan fingerprint density at radius 1 is 1.44 bits per heavy atom. The predicted octanol–water partition coefficient (Wildman–Crippen LogP) is 1.54. The summed E-state index contributed by atoms with van der Waals surface area (Å²) in [7, 11) is 1.93. The average molecular weight is 273 g/mol. The standard InChI is InChI=1S/C11H17ClN4O2/c1-4-17-11-14-9(12)13-10(15-11)16(3)8-5-6-18-7(8)2/h7-8H,4-6H2,1-3H3. The molecule has 7 heteroatoms. The van der Waals surface area contributed by atoms with Gasteiger partial charge in [-0.05, 0) is 31.9 Å². The molecule has 2 unspecified atom stereocenters. The van der Waals surface area contributed by atoms with Crippen LogP contribution in [-0.2, 0) is 4.74 Å². The van der Waals surface area contributed by atoms with Gasteiger partial charge in [0.1, 0.15) is 0 Å². The van der Waals surface area contributed by atoms with Gasteiger partial charge in [0.2, 0.25) is 11.2 Å². The Morgan fingerprint density at radius 3 is 2.83 bits per heavy atom. The van der Waals surface area contributed by atoms with Gasteiger partial charge in [-0.3, -0.25) is 0 Å². The zero-order valence-corrected chi connectivity index (χ0v) is 11.5. The van der Waals surface area contributed by atoms with Crippen molar-refractivity contribution in [3.05, 3.63) is 5.28 Å². The van der Waals surface area contributed by atoms with E-state index in [0.29, 0.717) is 12.6 Å². The van der Waals surface area contributed by atoms with Gasteiger partial charge in [0, 0.05) is 13.7 Å². The number of halogens is 1. The van der Waals surface area contributed by atoms with E-state index in [2.05, 4.69) is 15.0 Å². The lowest BCUT2D eigenvalue weighted by atomic mass is 10.1. The number of nitrogens with zero attached hydrogens (tertiary/aromatic N) is 4. The summed E-state index contributed by atoms with van der Waals surface area (Å²) in [6, 6.07) is 0.504. The number of hydrogen-bond donors (Lipinski definition) is 0. The second-order valence-electron chi connectivity index (χ2n) is 4.16. The lowest BCUT2D eigenvalue weighted by molar-refractivity contribution is 0.118. The van der Waals surface area contributed by atoms with Crippen molar-refractivity contribution in [2.45, 2.75) is 32.4 Å². The highest BCUT2D eigenvalue weighted by molar-refractivity contribution is 6.28. The predicted molar refractivity (Wildman–Crippen MR) is 68.2 cm³/mol. The Hall–Kier alpha value is -1.14. The van der Waals surface area contributed by atoms with Gasteiger partial charge >= 0.3 is 6.01 Å². The van der Waals surface area contributed by atoms with Crippen LogP contribution in [0.15, 0.2) is 0 Å². The summed E-state index contributed by atoms with van der Waals surface area (Å²) in [6.45, 7) is 5.16. The van der Waals surface area contributed by atoms with Crippen LogP contribution in [0.25, 0.3) is 0 Å². The SMILES string of the molecule is CCOc1nc(Cl)nc(N(C)C2CCOC2C)n1. The first-order valence-corrected chi connectivity index (χ1v) is 6.38. The summed E-state index contributed by atoms with van der Waals surface area (Å²) in [5.74, 6) is 0.515. The van der Waals surface area contributed by atoms with E-state index in [9.17, 15) is 0 Å². The molecule has 6 nitrogen and oxygen atoms in total. The largest absolute Gasteiger partial charge is 0.464 e. The molecule has 1 aliphatic rings. The third kappa shape index (κ3) is 2.81. The van der Waals surface area contributed by atoms with E-state index in [1.54, 1.807) is 0 Å². The van der Waals surface area contributed by atoms with Crippen molar-refractivity contribution in [3.63, 3.8) is 0 Å². The number of hydrogen-bond acceptors (Lipinski definition) is 6. The maximum absolute atomic E-state index is 5.87. The monoisotopic (exact) mass is 272 g/mol. The first kappa shape index (κ1) is 13.3. The Bertz CT molecular complexity index is 418. The van der Waals surface area contributed by atoms with Gasteiger partial charge in [-0.1, -0.05) is 0 Å². The molecule has 0 bridgehead atoms. The maximum Gasteiger partial charge on any atom is 0.322 e. The Morgan fingerprint density at radius 2 is 2.22 bits per heavy atom. The van der Waals surface area contributed by atoms with Crippen LogP contribution in [0.5, 0.6) is 6.01 Å². The Kier molecular flexibility index (Phi) is 4.19. The zero-order chi connectivity index (χ0) is 13.1. The number of ether oxygens (including phenoxy) is 2. The van der Waals surface area contributed by atoms with Crippen molar-refractivity contribution in [2.75, 3.05) is 25.2 Å². The van der Waals surface area contributed by atoms with Gasteiger partial charge in [0.15, 0.2) is 0 Å². The molecule has 2 atom stereocenters. The van der Waals surface area contributed by atoms with Gasteiger partial charge in [-0.25, -0.2) is 0 Å². The molecule has 0 spiro atoms. The van der Waals surface area contributed by atoms with Crippen molar-refractivity contribution in [3.8, 4) is 6.01 Å². The van der Waals surface area contributed by atoms with E-state index in [0.717, 1.165) is 13.0 Å². The quantitative estimate of drug-likeness (QED) is 0.829. The van der Waals surface area contributed by atoms with E-state index >= 15 is 0 Å². The molecule has 18 heavy (non-hydrogen) atoms. The molecule has 0 N–H and O–H groups in total. The van der Waals surface area contributed by atoms with E-state index in [1.807, 2.05) is 25.8 Å². The zero-order valence-electron chi connectivity index (χ0n) is 10.8. The second kappa shape index (κ2) is 5.67. The van der Waals surface area contributed by atoms with E-state index < -0.39 is 0 Å². The molecule has 0 radical (unpaired) electrons. The molecule has 0 amide bonds. The molecule has 2 rings (SSSR count). The van der Waals surface area contributed by atoms with Gasteiger partial charge in [0.25, 0.3) is 0 Å². The van der Waals surface area contributed by atoms with Crippen molar-refractivity contribution in [2.24, 2.45) is 0 Å². The molecule has 1 aliphatic heterocycles. The molecule has 1 aromatic heterocycles. The number of rotatable bonds is 4. The fourth-order valence-corrected chi connectivity index (χ4v) is 2.20. The molecule has 1 saturated heterocycles. The average Bonchev–Trinajstić information content (AvgIpc) is 2.74. The van der Waals surface area contributed by atoms with Gasteiger partial charge in [-0.2, -0.15) is 15.0 Å². The first-order chi connectivity index (χ1) is 8.61. The Balaban J connectivity index is 2.21.